The highest BCUT2D eigenvalue weighted by molar-refractivity contribution is 6.03. The number of nitrogens with one attached hydrogen (secondary N) is 1. The van der Waals surface area contributed by atoms with Gasteiger partial charge in [0.05, 0.1) is 6.04 Å². The molecule has 3 aromatic heterocycles. The van der Waals surface area contributed by atoms with Crippen molar-refractivity contribution in [3.05, 3.63) is 66.5 Å². The maximum atomic E-state index is 12.7. The van der Waals surface area contributed by atoms with Crippen LogP contribution in [0.3, 0.4) is 0 Å². The maximum absolute atomic E-state index is 12.7. The second-order valence-corrected chi connectivity index (χ2v) is 8.34. The van der Waals surface area contributed by atoms with Crippen molar-refractivity contribution in [1.29, 1.82) is 0 Å². The van der Waals surface area contributed by atoms with Crippen molar-refractivity contribution in [2.45, 2.75) is 32.2 Å². The molecule has 3 N–H and O–H groups in total. The average molecular weight is 481 g/mol. The van der Waals surface area contributed by atoms with Crippen molar-refractivity contribution >= 4 is 29.1 Å². The fourth-order valence-electron chi connectivity index (χ4n) is 4.46. The number of aromatic nitrogens is 5. The zero-order chi connectivity index (χ0) is 25.1. The summed E-state index contributed by atoms with van der Waals surface area (Å²) in [4.78, 5) is 44.4. The molecular weight excluding hydrogens is 456 g/mol. The largest absolute Gasteiger partial charge is 0.382 e. The molecule has 1 fully saturated rings. The minimum atomic E-state index is -0.322. The number of imidazole rings is 1. The van der Waals surface area contributed by atoms with Crippen molar-refractivity contribution in [1.82, 2.24) is 29.2 Å². The monoisotopic (exact) mass is 480 g/mol. The number of hydrogen-bond acceptors (Lipinski definition) is 7. The minimum Gasteiger partial charge on any atom is -0.382 e. The Morgan fingerprint density at radius 3 is 2.61 bits per heavy atom. The van der Waals surface area contributed by atoms with Crippen LogP contribution < -0.4 is 11.1 Å². The Balaban J connectivity index is 1.52. The summed E-state index contributed by atoms with van der Waals surface area (Å²) in [5.74, 6) is 6.11. The molecule has 4 heterocycles. The van der Waals surface area contributed by atoms with Crippen LogP contribution >= 0.6 is 0 Å². The van der Waals surface area contributed by atoms with Crippen molar-refractivity contribution < 1.29 is 9.59 Å². The molecule has 1 aromatic carbocycles. The van der Waals surface area contributed by atoms with Gasteiger partial charge in [-0.05, 0) is 50.3 Å². The first kappa shape index (κ1) is 23.0. The molecule has 5 rings (SSSR count). The van der Waals surface area contributed by atoms with Gasteiger partial charge in [-0.1, -0.05) is 18.1 Å². The van der Waals surface area contributed by atoms with Crippen LogP contribution in [0.5, 0.6) is 0 Å². The average Bonchev–Trinajstić information content (AvgIpc) is 3.30. The first-order valence-electron chi connectivity index (χ1n) is 11.6. The number of hydrogen-bond donors (Lipinski definition) is 2. The number of nitrogens with zero attached hydrogens (tertiary/aromatic N) is 6. The molecule has 0 spiro atoms. The van der Waals surface area contributed by atoms with Gasteiger partial charge in [0.25, 0.3) is 11.8 Å². The normalized spacial score (nSPS) is 15.2. The summed E-state index contributed by atoms with van der Waals surface area (Å²) in [5, 5.41) is 2.67. The Labute approximate surface area is 207 Å². The maximum Gasteiger partial charge on any atom is 0.299 e. The van der Waals surface area contributed by atoms with Crippen LogP contribution in [0.1, 0.15) is 48.4 Å². The number of benzene rings is 1. The number of nitrogen functional groups attached to an aromatic ring is 1. The Bertz CT molecular complexity index is 1490. The van der Waals surface area contributed by atoms with E-state index in [9.17, 15) is 9.59 Å². The van der Waals surface area contributed by atoms with Crippen LogP contribution in [0.25, 0.3) is 16.8 Å². The van der Waals surface area contributed by atoms with Crippen molar-refractivity contribution in [2.75, 3.05) is 17.6 Å². The second kappa shape index (κ2) is 9.84. The second-order valence-electron chi connectivity index (χ2n) is 8.34. The lowest BCUT2D eigenvalue weighted by Crippen LogP contribution is -2.38. The summed E-state index contributed by atoms with van der Waals surface area (Å²) >= 11 is 0. The zero-order valence-corrected chi connectivity index (χ0v) is 19.7. The van der Waals surface area contributed by atoms with Gasteiger partial charge in [0.15, 0.2) is 0 Å². The highest BCUT2D eigenvalue weighted by Gasteiger charge is 2.32. The molecule has 0 aliphatic carbocycles. The van der Waals surface area contributed by atoms with Gasteiger partial charge in [-0.3, -0.25) is 19.3 Å². The van der Waals surface area contributed by atoms with Crippen molar-refractivity contribution in [2.24, 2.45) is 0 Å². The molecule has 36 heavy (non-hydrogen) atoms. The standard InChI is InChI=1S/C26H24N8O2/c1-2-6-20(35)33-15-4-3-7-19(33)24-31-21(22-23(27)28-14-16-34(22)24)17-8-10-18(11-9-17)25(36)32-26-29-12-5-13-30-26/h5,8-14,16,19H,3-4,7,15H2,1H3,(H2,27,28)(H,29,30,32,36)/t19-/m0/s1. The Kier molecular flexibility index (Phi) is 6.28. The zero-order valence-electron chi connectivity index (χ0n) is 19.7. The summed E-state index contributed by atoms with van der Waals surface area (Å²) in [6.45, 7) is 2.28. The van der Waals surface area contributed by atoms with E-state index in [1.807, 2.05) is 22.7 Å². The van der Waals surface area contributed by atoms with E-state index < -0.39 is 0 Å². The van der Waals surface area contributed by atoms with Crippen LogP contribution in [0, 0.1) is 11.8 Å². The third-order valence-corrected chi connectivity index (χ3v) is 6.12. The van der Waals surface area contributed by atoms with Gasteiger partial charge < -0.3 is 10.6 Å². The Morgan fingerprint density at radius 2 is 1.86 bits per heavy atom. The summed E-state index contributed by atoms with van der Waals surface area (Å²) in [7, 11) is 0. The SMILES string of the molecule is CC#CC(=O)N1CCCC[C@H]1c1nc(-c2ccc(C(=O)Nc3ncccn3)cc2)c2c(N)nccn12. The number of fused-ring (bicyclic) bond motifs is 1. The van der Waals surface area contributed by atoms with Crippen molar-refractivity contribution in [3.8, 4) is 23.1 Å². The van der Waals surface area contributed by atoms with E-state index in [2.05, 4.69) is 32.1 Å². The van der Waals surface area contributed by atoms with E-state index in [4.69, 9.17) is 10.7 Å². The molecule has 1 aliphatic rings. The Hall–Kier alpha value is -4.78. The first-order chi connectivity index (χ1) is 17.6. The number of nitrogens with two attached hydrogens (primary N) is 1. The van der Waals surface area contributed by atoms with Gasteiger partial charge >= 0.3 is 0 Å². The molecule has 180 valence electrons. The summed E-state index contributed by atoms with van der Waals surface area (Å²) < 4.78 is 1.90. The van der Waals surface area contributed by atoms with Crippen LogP contribution in [0.4, 0.5) is 11.8 Å². The van der Waals surface area contributed by atoms with Crippen LogP contribution in [0.2, 0.25) is 0 Å². The lowest BCUT2D eigenvalue weighted by molar-refractivity contribution is -0.129. The number of carbonyl (C=O) groups is 2. The van der Waals surface area contributed by atoms with Gasteiger partial charge in [0.1, 0.15) is 22.9 Å². The van der Waals surface area contributed by atoms with E-state index in [1.165, 1.54) is 0 Å². The fourth-order valence-corrected chi connectivity index (χ4v) is 4.46. The molecule has 0 saturated carbocycles. The quantitative estimate of drug-likeness (QED) is 0.429. The fraction of sp³-hybridized carbons (Fsp3) is 0.231. The number of anilines is 2. The van der Waals surface area contributed by atoms with Crippen LogP contribution in [-0.4, -0.2) is 47.6 Å². The Morgan fingerprint density at radius 1 is 1.08 bits per heavy atom. The van der Waals surface area contributed by atoms with E-state index in [1.54, 1.807) is 48.6 Å². The lowest BCUT2D eigenvalue weighted by atomic mass is 10.0. The molecule has 1 aliphatic heterocycles. The van der Waals surface area contributed by atoms with E-state index in [0.717, 1.165) is 24.8 Å². The molecule has 1 atom stereocenters. The number of likely N-dealkylation sites (tertiary alicyclic amines) is 1. The van der Waals surface area contributed by atoms with Gasteiger partial charge in [-0.15, -0.1) is 0 Å². The first-order valence-corrected chi connectivity index (χ1v) is 11.6. The van der Waals surface area contributed by atoms with E-state index >= 15 is 0 Å². The highest BCUT2D eigenvalue weighted by atomic mass is 16.2. The third-order valence-electron chi connectivity index (χ3n) is 6.12. The van der Waals surface area contributed by atoms with Gasteiger partial charge in [-0.2, -0.15) is 0 Å². The molecule has 2 amide bonds. The van der Waals surface area contributed by atoms with E-state index in [-0.39, 0.29) is 23.8 Å². The topological polar surface area (TPSA) is 131 Å². The number of carbonyl (C=O) groups excluding carboxylic acids is 2. The molecule has 10 heteroatoms. The smallest absolute Gasteiger partial charge is 0.299 e. The van der Waals surface area contributed by atoms with E-state index in [0.29, 0.717) is 35.0 Å². The predicted molar refractivity (Wildman–Crippen MR) is 135 cm³/mol. The predicted octanol–water partition coefficient (Wildman–Crippen LogP) is 3.10. The van der Waals surface area contributed by atoms with Gasteiger partial charge in [0, 0.05) is 42.5 Å². The summed E-state index contributed by atoms with van der Waals surface area (Å²) in [6.07, 6.45) is 9.22. The molecular formula is C26H24N8O2. The van der Waals surface area contributed by atoms with Crippen molar-refractivity contribution in [3.63, 3.8) is 0 Å². The number of piperidine rings is 1. The number of rotatable bonds is 4. The van der Waals surface area contributed by atoms with Gasteiger partial charge in [-0.25, -0.2) is 19.9 Å². The number of amides is 2. The summed E-state index contributed by atoms with van der Waals surface area (Å²) in [6, 6.07) is 8.48. The molecule has 4 aromatic rings. The molecule has 0 radical (unpaired) electrons. The molecule has 0 bridgehead atoms. The molecule has 1 saturated heterocycles. The molecule has 10 nitrogen and oxygen atoms in total. The third kappa shape index (κ3) is 4.34. The lowest BCUT2D eigenvalue weighted by Gasteiger charge is -2.33. The van der Waals surface area contributed by atoms with Gasteiger partial charge in [0.2, 0.25) is 5.95 Å². The van der Waals surface area contributed by atoms with Crippen LogP contribution in [-0.2, 0) is 4.79 Å². The highest BCUT2D eigenvalue weighted by Crippen LogP contribution is 2.35. The molecule has 0 unspecified atom stereocenters. The minimum absolute atomic E-state index is 0.208. The van der Waals surface area contributed by atoms with Crippen LogP contribution in [0.15, 0.2) is 55.1 Å². The summed E-state index contributed by atoms with van der Waals surface area (Å²) in [5.41, 5.74) is 8.80.